The third-order valence-electron chi connectivity index (χ3n) is 3.28. The van der Waals surface area contributed by atoms with Crippen LogP contribution in [0.4, 0.5) is 0 Å². The quantitative estimate of drug-likeness (QED) is 0.706. The molecule has 1 aliphatic rings. The average Bonchev–Trinajstić information content (AvgIpc) is 2.38. The number of piperidine rings is 1. The maximum atomic E-state index is 9.82. The van der Waals surface area contributed by atoms with Gasteiger partial charge in [-0.15, -0.1) is 0 Å². The van der Waals surface area contributed by atoms with Crippen LogP contribution in [0, 0.1) is 0 Å². The zero-order valence-electron chi connectivity index (χ0n) is 10.5. The first-order valence-corrected chi connectivity index (χ1v) is 7.62. The number of hydrogen-bond acceptors (Lipinski definition) is 4. The Morgan fingerprint density at radius 2 is 2.00 bits per heavy atom. The van der Waals surface area contributed by atoms with Crippen molar-refractivity contribution in [2.75, 3.05) is 12.3 Å². The smallest absolute Gasteiger partial charge is 0.0718 e. The monoisotopic (exact) mass is 267 g/mol. The summed E-state index contributed by atoms with van der Waals surface area (Å²) in [5.74, 6) is 2.05. The molecule has 3 N–H and O–H groups in total. The zero-order valence-corrected chi connectivity index (χ0v) is 11.3. The molecule has 0 bridgehead atoms. The molecule has 0 aliphatic carbocycles. The van der Waals surface area contributed by atoms with Crippen LogP contribution in [0.3, 0.4) is 0 Å². The van der Waals surface area contributed by atoms with Crippen LogP contribution in [0.5, 0.6) is 0 Å². The molecule has 18 heavy (non-hydrogen) atoms. The maximum absolute atomic E-state index is 9.82. The molecule has 100 valence electrons. The summed E-state index contributed by atoms with van der Waals surface area (Å²) in [6.45, 7) is 0.602. The van der Waals surface area contributed by atoms with Crippen LogP contribution in [-0.4, -0.2) is 40.8 Å². The molecule has 4 heteroatoms. The highest BCUT2D eigenvalue weighted by Gasteiger charge is 2.26. The van der Waals surface area contributed by atoms with Gasteiger partial charge < -0.3 is 15.5 Å². The van der Waals surface area contributed by atoms with Gasteiger partial charge in [-0.1, -0.05) is 30.3 Å². The van der Waals surface area contributed by atoms with Crippen molar-refractivity contribution in [2.45, 2.75) is 36.8 Å². The summed E-state index contributed by atoms with van der Waals surface area (Å²) in [4.78, 5) is 0. The molecule has 2 unspecified atom stereocenters. The number of rotatable bonds is 5. The van der Waals surface area contributed by atoms with Crippen LogP contribution in [0.25, 0.3) is 0 Å². The summed E-state index contributed by atoms with van der Waals surface area (Å²) in [6.07, 6.45) is 0.645. The minimum absolute atomic E-state index is 0.136. The maximum Gasteiger partial charge on any atom is 0.0718 e. The molecule has 1 heterocycles. The van der Waals surface area contributed by atoms with Crippen molar-refractivity contribution in [3.8, 4) is 0 Å². The van der Waals surface area contributed by atoms with E-state index < -0.39 is 12.2 Å². The molecule has 1 aromatic carbocycles. The molecule has 3 atom stereocenters. The summed E-state index contributed by atoms with van der Waals surface area (Å²) in [7, 11) is 0. The lowest BCUT2D eigenvalue weighted by Crippen LogP contribution is -2.50. The number of aliphatic hydroxyl groups is 2. The highest BCUT2D eigenvalue weighted by molar-refractivity contribution is 7.98. The van der Waals surface area contributed by atoms with E-state index in [-0.39, 0.29) is 6.04 Å². The first kappa shape index (κ1) is 13.9. The van der Waals surface area contributed by atoms with Gasteiger partial charge in [0.2, 0.25) is 0 Å². The van der Waals surface area contributed by atoms with Crippen LogP contribution >= 0.6 is 11.8 Å². The predicted octanol–water partition coefficient (Wildman–Crippen LogP) is 1.39. The Hall–Kier alpha value is -0.550. The van der Waals surface area contributed by atoms with Gasteiger partial charge in [0.1, 0.15) is 0 Å². The van der Waals surface area contributed by atoms with E-state index in [2.05, 4.69) is 29.6 Å². The van der Waals surface area contributed by atoms with Gasteiger partial charge in [-0.05, 0) is 17.7 Å². The normalized spacial score (nSPS) is 28.2. The molecule has 1 aliphatic heterocycles. The Labute approximate surface area is 113 Å². The van der Waals surface area contributed by atoms with E-state index in [4.69, 9.17) is 0 Å². The van der Waals surface area contributed by atoms with Crippen LogP contribution in [-0.2, 0) is 5.75 Å². The van der Waals surface area contributed by atoms with Gasteiger partial charge in [0.15, 0.2) is 0 Å². The molecule has 2 rings (SSSR count). The van der Waals surface area contributed by atoms with Crippen LogP contribution in [0.2, 0.25) is 0 Å². The third-order valence-corrected chi connectivity index (χ3v) is 4.34. The molecule has 1 aromatic rings. The van der Waals surface area contributed by atoms with E-state index in [0.717, 1.165) is 17.9 Å². The van der Waals surface area contributed by atoms with E-state index in [1.54, 1.807) is 0 Å². The number of hydrogen-bond donors (Lipinski definition) is 3. The van der Waals surface area contributed by atoms with Crippen LogP contribution < -0.4 is 5.32 Å². The molecule has 1 fully saturated rings. The molecular weight excluding hydrogens is 246 g/mol. The topological polar surface area (TPSA) is 52.5 Å². The summed E-state index contributed by atoms with van der Waals surface area (Å²) >= 11 is 1.89. The van der Waals surface area contributed by atoms with Gasteiger partial charge in [0.05, 0.1) is 12.2 Å². The fourth-order valence-corrected chi connectivity index (χ4v) is 3.21. The Bertz CT molecular complexity index is 347. The molecule has 0 amide bonds. The van der Waals surface area contributed by atoms with Crippen molar-refractivity contribution in [1.82, 2.24) is 5.32 Å². The zero-order chi connectivity index (χ0) is 12.8. The summed E-state index contributed by atoms with van der Waals surface area (Å²) in [5.41, 5.74) is 1.34. The van der Waals surface area contributed by atoms with Crippen molar-refractivity contribution in [2.24, 2.45) is 0 Å². The second kappa shape index (κ2) is 7.14. The summed E-state index contributed by atoms with van der Waals surface area (Å²) in [6, 6.07) is 10.6. The lowest BCUT2D eigenvalue weighted by Gasteiger charge is -2.31. The van der Waals surface area contributed by atoms with Crippen LogP contribution in [0.1, 0.15) is 18.4 Å². The Kier molecular flexibility index (Phi) is 5.50. The van der Waals surface area contributed by atoms with E-state index in [9.17, 15) is 10.2 Å². The SMILES string of the molecule is OC1CN[C@H](CCSCc2ccccc2)C(O)C1. The molecule has 0 saturated carbocycles. The van der Waals surface area contributed by atoms with Crippen LogP contribution in [0.15, 0.2) is 30.3 Å². The summed E-state index contributed by atoms with van der Waals surface area (Å²) < 4.78 is 0. The Morgan fingerprint density at radius 3 is 2.72 bits per heavy atom. The number of thioether (sulfide) groups is 1. The largest absolute Gasteiger partial charge is 0.392 e. The second-order valence-electron chi connectivity index (χ2n) is 4.80. The standard InChI is InChI=1S/C14H21NO2S/c16-12-8-14(17)13(15-9-12)6-7-18-10-11-4-2-1-3-5-11/h1-5,12-17H,6-10H2/t12?,13-,14?/m1/s1. The highest BCUT2D eigenvalue weighted by Crippen LogP contribution is 2.17. The van der Waals surface area contributed by atoms with Gasteiger partial charge in [-0.3, -0.25) is 0 Å². The lowest BCUT2D eigenvalue weighted by molar-refractivity contribution is 0.0223. The molecule has 0 aromatic heterocycles. The average molecular weight is 267 g/mol. The Balaban J connectivity index is 1.64. The van der Waals surface area contributed by atoms with E-state index in [1.165, 1.54) is 5.56 Å². The van der Waals surface area contributed by atoms with Crippen molar-refractivity contribution < 1.29 is 10.2 Å². The lowest BCUT2D eigenvalue weighted by atomic mass is 9.98. The second-order valence-corrected chi connectivity index (χ2v) is 5.90. The number of β-amino-alcohol motifs (C(OH)–C–C–N with tert-alkyl or cyclic N) is 1. The van der Waals surface area contributed by atoms with Crippen molar-refractivity contribution in [1.29, 1.82) is 0 Å². The first-order chi connectivity index (χ1) is 8.75. The number of aliphatic hydroxyl groups excluding tert-OH is 2. The van der Waals surface area contributed by atoms with E-state index in [1.807, 2.05) is 17.8 Å². The highest BCUT2D eigenvalue weighted by atomic mass is 32.2. The van der Waals surface area contributed by atoms with Crippen molar-refractivity contribution >= 4 is 11.8 Å². The van der Waals surface area contributed by atoms with Gasteiger partial charge in [0, 0.05) is 24.8 Å². The van der Waals surface area contributed by atoms with E-state index >= 15 is 0 Å². The van der Waals surface area contributed by atoms with Gasteiger partial charge in [-0.25, -0.2) is 0 Å². The summed E-state index contributed by atoms with van der Waals surface area (Å²) in [5, 5.41) is 22.4. The van der Waals surface area contributed by atoms with E-state index in [0.29, 0.717) is 13.0 Å². The fourth-order valence-electron chi connectivity index (χ4n) is 2.22. The number of nitrogens with one attached hydrogen (secondary N) is 1. The third kappa shape index (κ3) is 4.28. The molecule has 1 saturated heterocycles. The van der Waals surface area contributed by atoms with Gasteiger partial charge >= 0.3 is 0 Å². The molecule has 3 nitrogen and oxygen atoms in total. The molecular formula is C14H21NO2S. The molecule has 0 radical (unpaired) electrons. The minimum Gasteiger partial charge on any atom is -0.392 e. The van der Waals surface area contributed by atoms with Gasteiger partial charge in [-0.2, -0.15) is 11.8 Å². The minimum atomic E-state index is -0.411. The fraction of sp³-hybridized carbons (Fsp3) is 0.571. The van der Waals surface area contributed by atoms with Gasteiger partial charge in [0.25, 0.3) is 0 Å². The van der Waals surface area contributed by atoms with Crippen molar-refractivity contribution in [3.63, 3.8) is 0 Å². The number of benzene rings is 1. The predicted molar refractivity (Wildman–Crippen MR) is 75.6 cm³/mol. The molecule has 0 spiro atoms. The van der Waals surface area contributed by atoms with Crippen molar-refractivity contribution in [3.05, 3.63) is 35.9 Å². The first-order valence-electron chi connectivity index (χ1n) is 6.47. The Morgan fingerprint density at radius 1 is 1.22 bits per heavy atom.